The summed E-state index contributed by atoms with van der Waals surface area (Å²) < 4.78 is 5.13. The molecule has 33 heavy (non-hydrogen) atoms. The number of benzene rings is 3. The van der Waals surface area contributed by atoms with E-state index in [2.05, 4.69) is 10.3 Å². The predicted molar refractivity (Wildman–Crippen MR) is 132 cm³/mol. The molecule has 0 bridgehead atoms. The van der Waals surface area contributed by atoms with Crippen LogP contribution in [0.3, 0.4) is 0 Å². The second-order valence-electron chi connectivity index (χ2n) is 6.72. The Morgan fingerprint density at radius 2 is 1.85 bits per heavy atom. The highest BCUT2D eigenvalue weighted by Crippen LogP contribution is 2.37. The van der Waals surface area contributed by atoms with E-state index in [9.17, 15) is 14.9 Å². The number of ether oxygens (including phenoxy) is 1. The van der Waals surface area contributed by atoms with Gasteiger partial charge in [-0.1, -0.05) is 29.4 Å². The summed E-state index contributed by atoms with van der Waals surface area (Å²) >= 11 is 8.35. The lowest BCUT2D eigenvalue weighted by Gasteiger charge is -2.05. The zero-order valence-corrected chi connectivity index (χ0v) is 19.5. The molecule has 166 valence electrons. The van der Waals surface area contributed by atoms with Crippen molar-refractivity contribution in [2.45, 2.75) is 9.79 Å². The summed E-state index contributed by atoms with van der Waals surface area (Å²) in [4.78, 5) is 29.8. The molecule has 1 heterocycles. The molecule has 10 heteroatoms. The van der Waals surface area contributed by atoms with Gasteiger partial charge in [-0.25, -0.2) is 4.99 Å². The van der Waals surface area contributed by atoms with E-state index in [0.717, 1.165) is 4.90 Å². The molecule has 0 spiro atoms. The summed E-state index contributed by atoms with van der Waals surface area (Å²) in [6, 6.07) is 19.1. The standard InChI is InChI=1S/C23H16ClN3O4S2/c1-31-17-7-5-16(6-8-17)25-23-26-22(28)21(33-23)13-14-2-11-20(19(12-14)27(29)30)32-18-9-3-15(24)4-10-18/h2-13H,1H3,(H,25,26,28)/b21-13+. The molecule has 0 unspecified atom stereocenters. The first kappa shape index (κ1) is 22.9. The van der Waals surface area contributed by atoms with Gasteiger partial charge in [-0.05, 0) is 78.0 Å². The number of nitro groups is 1. The monoisotopic (exact) mass is 497 g/mol. The van der Waals surface area contributed by atoms with Crippen molar-refractivity contribution in [3.8, 4) is 5.75 Å². The normalized spacial score (nSPS) is 15.6. The van der Waals surface area contributed by atoms with Crippen molar-refractivity contribution in [2.24, 2.45) is 4.99 Å². The van der Waals surface area contributed by atoms with Gasteiger partial charge in [-0.2, -0.15) is 0 Å². The van der Waals surface area contributed by atoms with Crippen LogP contribution < -0.4 is 10.1 Å². The van der Waals surface area contributed by atoms with Crippen molar-refractivity contribution in [2.75, 3.05) is 7.11 Å². The molecule has 0 aromatic heterocycles. The van der Waals surface area contributed by atoms with Crippen molar-refractivity contribution in [3.63, 3.8) is 0 Å². The van der Waals surface area contributed by atoms with E-state index in [-0.39, 0.29) is 11.6 Å². The van der Waals surface area contributed by atoms with Crippen LogP contribution in [0.15, 0.2) is 86.4 Å². The Labute approximate surface area is 203 Å². The highest BCUT2D eigenvalue weighted by Gasteiger charge is 2.24. The Morgan fingerprint density at radius 3 is 2.52 bits per heavy atom. The molecule has 0 radical (unpaired) electrons. The highest BCUT2D eigenvalue weighted by molar-refractivity contribution is 8.18. The lowest BCUT2D eigenvalue weighted by atomic mass is 10.2. The Kier molecular flexibility index (Phi) is 7.02. The lowest BCUT2D eigenvalue weighted by Crippen LogP contribution is -2.19. The first-order chi connectivity index (χ1) is 15.9. The number of nitrogens with one attached hydrogen (secondary N) is 1. The van der Waals surface area contributed by atoms with Gasteiger partial charge in [0.15, 0.2) is 5.17 Å². The van der Waals surface area contributed by atoms with Gasteiger partial charge in [0.1, 0.15) is 5.75 Å². The fraction of sp³-hybridized carbons (Fsp3) is 0.0435. The molecular formula is C23H16ClN3O4S2. The predicted octanol–water partition coefficient (Wildman–Crippen LogP) is 6.30. The number of hydrogen-bond acceptors (Lipinski definition) is 7. The molecule has 3 aromatic rings. The zero-order chi connectivity index (χ0) is 23.4. The smallest absolute Gasteiger partial charge is 0.283 e. The van der Waals surface area contributed by atoms with E-state index < -0.39 is 4.92 Å². The van der Waals surface area contributed by atoms with Crippen molar-refractivity contribution in [1.29, 1.82) is 0 Å². The van der Waals surface area contributed by atoms with Crippen LogP contribution in [0, 0.1) is 10.1 Å². The molecule has 1 saturated heterocycles. The van der Waals surface area contributed by atoms with Crippen LogP contribution in [-0.4, -0.2) is 23.1 Å². The zero-order valence-electron chi connectivity index (χ0n) is 17.2. The van der Waals surface area contributed by atoms with Crippen LogP contribution in [0.25, 0.3) is 6.08 Å². The second kappa shape index (κ2) is 10.1. The van der Waals surface area contributed by atoms with Gasteiger partial charge in [-0.15, -0.1) is 0 Å². The second-order valence-corrected chi connectivity index (χ2v) is 9.30. The summed E-state index contributed by atoms with van der Waals surface area (Å²) in [6.07, 6.45) is 1.61. The fourth-order valence-corrected chi connectivity index (χ4v) is 4.76. The van der Waals surface area contributed by atoms with Gasteiger partial charge in [0.25, 0.3) is 11.6 Å². The van der Waals surface area contributed by atoms with Crippen molar-refractivity contribution >= 4 is 63.7 Å². The number of aliphatic imine (C=N–C) groups is 1. The number of carbonyl (C=O) groups is 1. The molecule has 0 aliphatic carbocycles. The number of methoxy groups -OCH3 is 1. The number of carbonyl (C=O) groups excluding carboxylic acids is 1. The number of hydrogen-bond donors (Lipinski definition) is 1. The van der Waals surface area contributed by atoms with Crippen molar-refractivity contribution in [3.05, 3.63) is 92.3 Å². The Balaban J connectivity index is 1.55. The third kappa shape index (κ3) is 5.75. The lowest BCUT2D eigenvalue weighted by molar-refractivity contribution is -0.387. The Morgan fingerprint density at radius 1 is 1.12 bits per heavy atom. The van der Waals surface area contributed by atoms with Gasteiger partial charge in [0.05, 0.1) is 27.5 Å². The maximum Gasteiger partial charge on any atom is 0.283 e. The Hall–Kier alpha value is -3.27. The van der Waals surface area contributed by atoms with Gasteiger partial charge in [-0.3, -0.25) is 14.9 Å². The minimum Gasteiger partial charge on any atom is -0.497 e. The van der Waals surface area contributed by atoms with Crippen LogP contribution in [0.5, 0.6) is 5.75 Å². The van der Waals surface area contributed by atoms with E-state index >= 15 is 0 Å². The average Bonchev–Trinajstić information content (AvgIpc) is 3.15. The molecule has 1 aliphatic heterocycles. The molecule has 4 rings (SSSR count). The number of thioether (sulfide) groups is 1. The van der Waals surface area contributed by atoms with Crippen LogP contribution in [0.2, 0.25) is 5.02 Å². The Bertz CT molecular complexity index is 1280. The molecule has 1 N–H and O–H groups in total. The summed E-state index contributed by atoms with van der Waals surface area (Å²) in [5.74, 6) is 0.399. The van der Waals surface area contributed by atoms with Crippen LogP contribution in [0.1, 0.15) is 5.56 Å². The van der Waals surface area contributed by atoms with Crippen LogP contribution in [-0.2, 0) is 4.79 Å². The third-order valence-electron chi connectivity index (χ3n) is 4.47. The number of halogens is 1. The largest absolute Gasteiger partial charge is 0.497 e. The van der Waals surface area contributed by atoms with Crippen molar-refractivity contribution in [1.82, 2.24) is 5.32 Å². The molecule has 1 fully saturated rings. The quantitative estimate of drug-likeness (QED) is 0.244. The topological polar surface area (TPSA) is 93.8 Å². The SMILES string of the molecule is COc1ccc(N=C2NC(=O)/C(=C\c3ccc(Sc4ccc(Cl)cc4)c([N+](=O)[O-])c3)S2)cc1. The first-order valence-electron chi connectivity index (χ1n) is 9.57. The van der Waals surface area contributed by atoms with Gasteiger partial charge >= 0.3 is 0 Å². The van der Waals surface area contributed by atoms with Crippen LogP contribution in [0.4, 0.5) is 11.4 Å². The van der Waals surface area contributed by atoms with E-state index in [1.54, 1.807) is 73.8 Å². The summed E-state index contributed by atoms with van der Waals surface area (Å²) in [6.45, 7) is 0. The molecule has 1 amide bonds. The van der Waals surface area contributed by atoms with E-state index in [0.29, 0.717) is 37.0 Å². The molecule has 0 atom stereocenters. The van der Waals surface area contributed by atoms with Crippen LogP contribution >= 0.6 is 35.1 Å². The molecular weight excluding hydrogens is 482 g/mol. The first-order valence-corrected chi connectivity index (χ1v) is 11.6. The molecule has 1 aliphatic rings. The maximum atomic E-state index is 12.4. The van der Waals surface area contributed by atoms with Gasteiger partial charge in [0.2, 0.25) is 0 Å². The maximum absolute atomic E-state index is 12.4. The highest BCUT2D eigenvalue weighted by atomic mass is 35.5. The summed E-state index contributed by atoms with van der Waals surface area (Å²) in [7, 11) is 1.58. The summed E-state index contributed by atoms with van der Waals surface area (Å²) in [5, 5.41) is 15.4. The fourth-order valence-electron chi connectivity index (χ4n) is 2.89. The number of amidine groups is 1. The van der Waals surface area contributed by atoms with Gasteiger partial charge in [0, 0.05) is 16.0 Å². The summed E-state index contributed by atoms with van der Waals surface area (Å²) in [5.41, 5.74) is 1.17. The third-order valence-corrected chi connectivity index (χ3v) is 6.71. The van der Waals surface area contributed by atoms with E-state index in [1.807, 2.05) is 0 Å². The number of nitro benzene ring substituents is 1. The van der Waals surface area contributed by atoms with Crippen molar-refractivity contribution < 1.29 is 14.5 Å². The molecule has 7 nitrogen and oxygen atoms in total. The van der Waals surface area contributed by atoms with Gasteiger partial charge < -0.3 is 10.1 Å². The number of rotatable bonds is 6. The van der Waals surface area contributed by atoms with E-state index in [1.165, 1.54) is 29.6 Å². The minimum atomic E-state index is -0.432. The number of amides is 1. The average molecular weight is 498 g/mol. The minimum absolute atomic E-state index is 0.0418. The molecule has 0 saturated carbocycles. The molecule has 3 aromatic carbocycles. The van der Waals surface area contributed by atoms with E-state index in [4.69, 9.17) is 16.3 Å². The number of nitrogens with zero attached hydrogens (tertiary/aromatic N) is 2.